The average molecular weight is 434 g/mol. The third-order valence-corrected chi connectivity index (χ3v) is 5.58. The number of nitro groups is 1. The number of imide groups is 1. The molecule has 2 amide bonds. The quantitative estimate of drug-likeness (QED) is 0.171. The van der Waals surface area contributed by atoms with E-state index in [0.29, 0.717) is 18.5 Å². The Morgan fingerprint density at radius 1 is 0.969 bits per heavy atom. The summed E-state index contributed by atoms with van der Waals surface area (Å²) in [5, 5.41) is 10.8. The van der Waals surface area contributed by atoms with Gasteiger partial charge in [0.05, 0.1) is 28.0 Å². The summed E-state index contributed by atoms with van der Waals surface area (Å²) in [5.41, 5.74) is 0.334. The van der Waals surface area contributed by atoms with Gasteiger partial charge in [0, 0.05) is 17.7 Å². The first-order valence-corrected chi connectivity index (χ1v) is 9.94. The zero-order chi connectivity index (χ0) is 22.8. The molecule has 4 rings (SSSR count). The normalized spacial score (nSPS) is 19.6. The second kappa shape index (κ2) is 8.54. The Labute approximate surface area is 182 Å². The van der Waals surface area contributed by atoms with E-state index < -0.39 is 23.3 Å². The molecule has 1 aliphatic carbocycles. The first kappa shape index (κ1) is 21.1. The number of fused-ring (bicyclic) bond motifs is 1. The van der Waals surface area contributed by atoms with Crippen LogP contribution in [-0.2, 0) is 14.3 Å². The standard InChI is InChI=1S/C23H18N2O7/c26-20(15-4-3-5-17(12-15)25(30)31)13-32-23(29)14-8-10-16(11-9-14)24-21(27)18-6-1-2-7-19(18)22(24)28/h1-5,8-12,18-19H,6-7,13H2/t18-,19+. The number of carbonyl (C=O) groups excluding carboxylic acids is 4. The molecule has 1 fully saturated rings. The lowest BCUT2D eigenvalue weighted by Gasteiger charge is -2.15. The van der Waals surface area contributed by atoms with E-state index in [4.69, 9.17) is 4.74 Å². The Kier molecular flexibility index (Phi) is 5.63. The molecule has 2 aromatic carbocycles. The molecule has 2 atom stereocenters. The summed E-state index contributed by atoms with van der Waals surface area (Å²) < 4.78 is 5.02. The van der Waals surface area contributed by atoms with E-state index in [0.717, 1.165) is 11.0 Å². The van der Waals surface area contributed by atoms with Crippen LogP contribution in [-0.4, -0.2) is 35.1 Å². The zero-order valence-corrected chi connectivity index (χ0v) is 16.8. The minimum Gasteiger partial charge on any atom is -0.454 e. The molecule has 0 N–H and O–H groups in total. The van der Waals surface area contributed by atoms with Crippen molar-refractivity contribution in [2.45, 2.75) is 12.8 Å². The number of non-ortho nitro benzene ring substituents is 1. The molecule has 0 radical (unpaired) electrons. The van der Waals surface area contributed by atoms with Gasteiger partial charge in [0.25, 0.3) is 5.69 Å². The van der Waals surface area contributed by atoms with E-state index >= 15 is 0 Å². The van der Waals surface area contributed by atoms with Crippen molar-refractivity contribution in [2.75, 3.05) is 11.5 Å². The van der Waals surface area contributed by atoms with Crippen LogP contribution in [0.1, 0.15) is 33.6 Å². The lowest BCUT2D eigenvalue weighted by molar-refractivity contribution is -0.384. The molecule has 0 spiro atoms. The Hall–Kier alpha value is -4.14. The minimum atomic E-state index is -0.771. The SMILES string of the molecule is O=C(COC(=O)c1ccc(N2C(=O)[C@H]3CC=CC[C@H]3C2=O)cc1)c1cccc([N+](=O)[O-])c1. The Morgan fingerprint density at radius 2 is 1.59 bits per heavy atom. The maximum Gasteiger partial charge on any atom is 0.338 e. The molecule has 1 heterocycles. The lowest BCUT2D eigenvalue weighted by Crippen LogP contribution is -2.30. The Balaban J connectivity index is 1.40. The van der Waals surface area contributed by atoms with Crippen molar-refractivity contribution in [2.24, 2.45) is 11.8 Å². The first-order valence-electron chi connectivity index (χ1n) is 9.94. The minimum absolute atomic E-state index is 0.0596. The molecule has 1 aliphatic heterocycles. The zero-order valence-electron chi connectivity index (χ0n) is 16.8. The van der Waals surface area contributed by atoms with Crippen LogP contribution < -0.4 is 4.90 Å². The molecule has 0 saturated carbocycles. The number of benzene rings is 2. The number of amides is 2. The highest BCUT2D eigenvalue weighted by atomic mass is 16.6. The van der Waals surface area contributed by atoms with Crippen LogP contribution in [0, 0.1) is 22.0 Å². The van der Waals surface area contributed by atoms with Crippen molar-refractivity contribution < 1.29 is 28.8 Å². The number of allylic oxidation sites excluding steroid dienone is 2. The number of esters is 1. The summed E-state index contributed by atoms with van der Waals surface area (Å²) in [6.07, 6.45) is 4.89. The summed E-state index contributed by atoms with van der Waals surface area (Å²) in [7, 11) is 0. The number of carbonyl (C=O) groups is 4. The number of hydrogen-bond donors (Lipinski definition) is 0. The molecular formula is C23H18N2O7. The van der Waals surface area contributed by atoms with Gasteiger partial charge in [-0.05, 0) is 37.1 Å². The summed E-state index contributed by atoms with van der Waals surface area (Å²) >= 11 is 0. The van der Waals surface area contributed by atoms with Crippen molar-refractivity contribution >= 4 is 34.9 Å². The van der Waals surface area contributed by atoms with Crippen molar-refractivity contribution in [1.29, 1.82) is 0 Å². The summed E-state index contributed by atoms with van der Waals surface area (Å²) in [4.78, 5) is 61.1. The van der Waals surface area contributed by atoms with Crippen LogP contribution in [0.15, 0.2) is 60.7 Å². The molecule has 32 heavy (non-hydrogen) atoms. The molecular weight excluding hydrogens is 416 g/mol. The fourth-order valence-electron chi connectivity index (χ4n) is 3.89. The second-order valence-electron chi connectivity index (χ2n) is 7.52. The van der Waals surface area contributed by atoms with Gasteiger partial charge < -0.3 is 4.74 Å². The van der Waals surface area contributed by atoms with Crippen molar-refractivity contribution in [3.8, 4) is 0 Å². The summed E-state index contributed by atoms with van der Waals surface area (Å²) in [6.45, 7) is -0.582. The van der Waals surface area contributed by atoms with Crippen LogP contribution in [0.2, 0.25) is 0 Å². The van der Waals surface area contributed by atoms with E-state index in [2.05, 4.69) is 0 Å². The number of hydrogen-bond acceptors (Lipinski definition) is 7. The largest absolute Gasteiger partial charge is 0.454 e. The van der Waals surface area contributed by atoms with E-state index in [1.807, 2.05) is 12.2 Å². The molecule has 2 aliphatic rings. The topological polar surface area (TPSA) is 124 Å². The number of rotatable bonds is 6. The average Bonchev–Trinajstić information content (AvgIpc) is 3.07. The van der Waals surface area contributed by atoms with Crippen molar-refractivity contribution in [1.82, 2.24) is 0 Å². The maximum atomic E-state index is 12.6. The Morgan fingerprint density at radius 3 is 2.19 bits per heavy atom. The fraction of sp³-hybridized carbons (Fsp3) is 0.217. The number of nitrogens with zero attached hydrogens (tertiary/aromatic N) is 2. The van der Waals surface area contributed by atoms with Gasteiger partial charge in [-0.3, -0.25) is 29.4 Å². The highest BCUT2D eigenvalue weighted by Gasteiger charge is 2.47. The predicted octanol–water partition coefficient (Wildman–Crippen LogP) is 3.09. The molecule has 0 bridgehead atoms. The molecule has 1 saturated heterocycles. The maximum absolute atomic E-state index is 12.6. The third kappa shape index (κ3) is 3.92. The number of ketones is 1. The van der Waals surface area contributed by atoms with Crippen molar-refractivity contribution in [3.05, 3.63) is 81.9 Å². The van der Waals surface area contributed by atoms with Crippen LogP contribution in [0.3, 0.4) is 0 Å². The highest BCUT2D eigenvalue weighted by Crippen LogP contribution is 2.37. The van der Waals surface area contributed by atoms with Gasteiger partial charge >= 0.3 is 5.97 Å². The van der Waals surface area contributed by atoms with Crippen LogP contribution in [0.4, 0.5) is 11.4 Å². The van der Waals surface area contributed by atoms with Gasteiger partial charge in [0.1, 0.15) is 0 Å². The van der Waals surface area contributed by atoms with Crippen LogP contribution in [0.5, 0.6) is 0 Å². The summed E-state index contributed by atoms with van der Waals surface area (Å²) in [6, 6.07) is 10.9. The molecule has 9 nitrogen and oxygen atoms in total. The number of ether oxygens (including phenoxy) is 1. The van der Waals surface area contributed by atoms with E-state index in [1.165, 1.54) is 42.5 Å². The molecule has 0 aromatic heterocycles. The predicted molar refractivity (Wildman–Crippen MR) is 112 cm³/mol. The van der Waals surface area contributed by atoms with E-state index in [1.54, 1.807) is 0 Å². The lowest BCUT2D eigenvalue weighted by atomic mass is 9.85. The second-order valence-corrected chi connectivity index (χ2v) is 7.52. The van der Waals surface area contributed by atoms with Gasteiger partial charge in [-0.1, -0.05) is 24.3 Å². The third-order valence-electron chi connectivity index (χ3n) is 5.58. The number of Topliss-reactive ketones (excluding diaryl/α,β-unsaturated/α-hetero) is 1. The smallest absolute Gasteiger partial charge is 0.338 e. The molecule has 0 unspecified atom stereocenters. The number of anilines is 1. The van der Waals surface area contributed by atoms with Gasteiger partial charge in [-0.15, -0.1) is 0 Å². The molecule has 9 heteroatoms. The fourth-order valence-corrected chi connectivity index (χ4v) is 3.89. The van der Waals surface area contributed by atoms with Gasteiger partial charge in [-0.2, -0.15) is 0 Å². The van der Waals surface area contributed by atoms with Gasteiger partial charge in [-0.25, -0.2) is 4.79 Å². The van der Waals surface area contributed by atoms with E-state index in [9.17, 15) is 29.3 Å². The van der Waals surface area contributed by atoms with Gasteiger partial charge in [0.2, 0.25) is 17.6 Å². The highest BCUT2D eigenvalue weighted by molar-refractivity contribution is 6.22. The van der Waals surface area contributed by atoms with Crippen LogP contribution in [0.25, 0.3) is 0 Å². The number of nitro benzene ring substituents is 1. The molecule has 2 aromatic rings. The molecule has 162 valence electrons. The first-order chi connectivity index (χ1) is 15.4. The monoisotopic (exact) mass is 434 g/mol. The Bertz CT molecular complexity index is 1130. The van der Waals surface area contributed by atoms with Gasteiger partial charge in [0.15, 0.2) is 6.61 Å². The van der Waals surface area contributed by atoms with Crippen LogP contribution >= 0.6 is 0 Å². The summed E-state index contributed by atoms with van der Waals surface area (Å²) in [5.74, 6) is -2.55. The van der Waals surface area contributed by atoms with E-state index in [-0.39, 0.29) is 40.5 Å². The van der Waals surface area contributed by atoms with Crippen molar-refractivity contribution in [3.63, 3.8) is 0 Å².